The Kier molecular flexibility index (Phi) is 8.67. The van der Waals surface area contributed by atoms with Crippen molar-refractivity contribution in [1.82, 2.24) is 5.32 Å². The molecular formula is C16H25N3O3. The van der Waals surface area contributed by atoms with Crippen LogP contribution in [0.3, 0.4) is 0 Å². The summed E-state index contributed by atoms with van der Waals surface area (Å²) < 4.78 is 5.37. The van der Waals surface area contributed by atoms with Crippen molar-refractivity contribution in [3.05, 3.63) is 24.3 Å². The van der Waals surface area contributed by atoms with E-state index in [2.05, 4.69) is 10.6 Å². The number of amides is 2. The molecule has 1 rings (SSSR count). The van der Waals surface area contributed by atoms with Crippen molar-refractivity contribution < 1.29 is 14.3 Å². The summed E-state index contributed by atoms with van der Waals surface area (Å²) in [7, 11) is 0. The number of ether oxygens (including phenoxy) is 1. The van der Waals surface area contributed by atoms with Gasteiger partial charge in [-0.25, -0.2) is 0 Å². The zero-order valence-electron chi connectivity index (χ0n) is 13.1. The summed E-state index contributed by atoms with van der Waals surface area (Å²) >= 11 is 0. The number of carbonyl (C=O) groups excluding carboxylic acids is 2. The van der Waals surface area contributed by atoms with Crippen molar-refractivity contribution in [2.75, 3.05) is 25.0 Å². The molecule has 4 N–H and O–H groups in total. The molecule has 0 saturated carbocycles. The second-order valence-corrected chi connectivity index (χ2v) is 5.00. The van der Waals surface area contributed by atoms with Crippen LogP contribution in [0.25, 0.3) is 0 Å². The number of hydrogen-bond acceptors (Lipinski definition) is 4. The molecule has 0 heterocycles. The van der Waals surface area contributed by atoms with Crippen molar-refractivity contribution in [2.24, 2.45) is 5.73 Å². The molecule has 0 saturated heterocycles. The lowest BCUT2D eigenvalue weighted by atomic mass is 10.2. The van der Waals surface area contributed by atoms with Crippen LogP contribution in [-0.2, 0) is 9.59 Å². The molecule has 0 bridgehead atoms. The minimum absolute atomic E-state index is 0.00449. The fraction of sp³-hybridized carbons (Fsp3) is 0.500. The molecule has 0 aliphatic heterocycles. The molecule has 0 fully saturated rings. The van der Waals surface area contributed by atoms with E-state index in [1.54, 1.807) is 24.3 Å². The maximum absolute atomic E-state index is 11.8. The first-order valence-corrected chi connectivity index (χ1v) is 7.59. The van der Waals surface area contributed by atoms with Gasteiger partial charge in [-0.1, -0.05) is 6.42 Å². The molecule has 0 aliphatic carbocycles. The number of nitrogens with one attached hydrogen (secondary N) is 2. The average Bonchev–Trinajstić information content (AvgIpc) is 2.50. The Morgan fingerprint density at radius 1 is 1.14 bits per heavy atom. The first-order valence-electron chi connectivity index (χ1n) is 7.59. The Morgan fingerprint density at radius 2 is 1.86 bits per heavy atom. The normalized spacial score (nSPS) is 10.1. The Bertz CT molecular complexity index is 460. The van der Waals surface area contributed by atoms with Crippen molar-refractivity contribution >= 4 is 17.5 Å². The van der Waals surface area contributed by atoms with Crippen LogP contribution in [-0.4, -0.2) is 31.5 Å². The molecule has 1 aromatic rings. The van der Waals surface area contributed by atoms with Gasteiger partial charge in [0.2, 0.25) is 11.8 Å². The standard InChI is InChI=1S/C16H25N3O3/c1-13(20)18-11-4-2-3-5-16(21)19-14-6-8-15(9-7-14)22-12-10-17/h6-9H,2-5,10-12,17H2,1H3,(H,18,20)(H,19,21). The van der Waals surface area contributed by atoms with Crippen LogP contribution in [0.1, 0.15) is 32.6 Å². The predicted molar refractivity (Wildman–Crippen MR) is 86.8 cm³/mol. The van der Waals surface area contributed by atoms with Crippen molar-refractivity contribution in [2.45, 2.75) is 32.6 Å². The van der Waals surface area contributed by atoms with Crippen molar-refractivity contribution in [3.63, 3.8) is 0 Å². The van der Waals surface area contributed by atoms with Crippen LogP contribution in [0.4, 0.5) is 5.69 Å². The third kappa shape index (κ3) is 8.26. The molecule has 1 aromatic carbocycles. The van der Waals surface area contributed by atoms with Gasteiger partial charge >= 0.3 is 0 Å². The maximum Gasteiger partial charge on any atom is 0.224 e. The molecule has 0 atom stereocenters. The summed E-state index contributed by atoms with van der Waals surface area (Å²) in [6, 6.07) is 7.22. The van der Waals surface area contributed by atoms with Gasteiger partial charge in [0.05, 0.1) is 0 Å². The fourth-order valence-electron chi connectivity index (χ4n) is 1.89. The summed E-state index contributed by atoms with van der Waals surface area (Å²) in [6.45, 7) is 3.12. The van der Waals surface area contributed by atoms with Crippen LogP contribution in [0, 0.1) is 0 Å². The van der Waals surface area contributed by atoms with Gasteiger partial charge in [-0.05, 0) is 37.1 Å². The number of carbonyl (C=O) groups is 2. The molecule has 0 aliphatic rings. The fourth-order valence-corrected chi connectivity index (χ4v) is 1.89. The Labute approximate surface area is 131 Å². The van der Waals surface area contributed by atoms with Gasteiger partial charge in [0, 0.05) is 32.1 Å². The Balaban J connectivity index is 2.17. The van der Waals surface area contributed by atoms with Crippen molar-refractivity contribution in [1.29, 1.82) is 0 Å². The van der Waals surface area contributed by atoms with Crippen LogP contribution in [0.2, 0.25) is 0 Å². The molecule has 2 amide bonds. The van der Waals surface area contributed by atoms with E-state index in [0.29, 0.717) is 26.1 Å². The highest BCUT2D eigenvalue weighted by molar-refractivity contribution is 5.90. The summed E-state index contributed by atoms with van der Waals surface area (Å²) in [5, 5.41) is 5.58. The number of hydrogen-bond donors (Lipinski definition) is 3. The predicted octanol–water partition coefficient (Wildman–Crippen LogP) is 1.66. The Hall–Kier alpha value is -2.08. The smallest absolute Gasteiger partial charge is 0.224 e. The van der Waals surface area contributed by atoms with Gasteiger partial charge in [-0.15, -0.1) is 0 Å². The molecule has 0 spiro atoms. The highest BCUT2D eigenvalue weighted by Gasteiger charge is 2.03. The van der Waals surface area contributed by atoms with Crippen LogP contribution in [0.5, 0.6) is 5.75 Å². The van der Waals surface area contributed by atoms with Crippen LogP contribution >= 0.6 is 0 Å². The van der Waals surface area contributed by atoms with Gasteiger partial charge in [0.25, 0.3) is 0 Å². The van der Waals surface area contributed by atoms with E-state index in [0.717, 1.165) is 30.7 Å². The van der Waals surface area contributed by atoms with Crippen LogP contribution < -0.4 is 21.1 Å². The lowest BCUT2D eigenvalue weighted by Crippen LogP contribution is -2.20. The molecular weight excluding hydrogens is 282 g/mol. The van der Waals surface area contributed by atoms with E-state index in [-0.39, 0.29) is 11.8 Å². The molecule has 122 valence electrons. The quantitative estimate of drug-likeness (QED) is 0.573. The summed E-state index contributed by atoms with van der Waals surface area (Å²) in [5.41, 5.74) is 6.11. The van der Waals surface area contributed by atoms with E-state index in [9.17, 15) is 9.59 Å². The second-order valence-electron chi connectivity index (χ2n) is 5.00. The van der Waals surface area contributed by atoms with Gasteiger partial charge in [0.15, 0.2) is 0 Å². The average molecular weight is 307 g/mol. The lowest BCUT2D eigenvalue weighted by Gasteiger charge is -2.08. The van der Waals surface area contributed by atoms with Crippen LogP contribution in [0.15, 0.2) is 24.3 Å². The first-order chi connectivity index (χ1) is 10.6. The van der Waals surface area contributed by atoms with E-state index >= 15 is 0 Å². The third-order valence-electron chi connectivity index (χ3n) is 2.98. The summed E-state index contributed by atoms with van der Waals surface area (Å²) in [5.74, 6) is 0.716. The summed E-state index contributed by atoms with van der Waals surface area (Å²) in [4.78, 5) is 22.5. The van der Waals surface area contributed by atoms with E-state index in [1.807, 2.05) is 0 Å². The van der Waals surface area contributed by atoms with E-state index < -0.39 is 0 Å². The van der Waals surface area contributed by atoms with E-state index in [4.69, 9.17) is 10.5 Å². The molecule has 6 nitrogen and oxygen atoms in total. The minimum Gasteiger partial charge on any atom is -0.492 e. The van der Waals surface area contributed by atoms with Crippen molar-refractivity contribution in [3.8, 4) is 5.75 Å². The number of benzene rings is 1. The molecule has 0 unspecified atom stereocenters. The van der Waals surface area contributed by atoms with Gasteiger partial charge < -0.3 is 21.1 Å². The van der Waals surface area contributed by atoms with Gasteiger partial charge in [-0.2, -0.15) is 0 Å². The number of anilines is 1. The number of rotatable bonds is 10. The monoisotopic (exact) mass is 307 g/mol. The minimum atomic E-state index is -0.0170. The zero-order chi connectivity index (χ0) is 16.2. The zero-order valence-corrected chi connectivity index (χ0v) is 13.1. The molecule has 6 heteroatoms. The third-order valence-corrected chi connectivity index (χ3v) is 2.98. The molecule has 22 heavy (non-hydrogen) atoms. The topological polar surface area (TPSA) is 93.5 Å². The Morgan fingerprint density at radius 3 is 2.50 bits per heavy atom. The van der Waals surface area contributed by atoms with Gasteiger partial charge in [0.1, 0.15) is 12.4 Å². The molecule has 0 radical (unpaired) electrons. The SMILES string of the molecule is CC(=O)NCCCCCC(=O)Nc1ccc(OCCN)cc1. The highest BCUT2D eigenvalue weighted by Crippen LogP contribution is 2.16. The molecule has 0 aromatic heterocycles. The summed E-state index contributed by atoms with van der Waals surface area (Å²) in [6.07, 6.45) is 3.09. The van der Waals surface area contributed by atoms with E-state index in [1.165, 1.54) is 6.92 Å². The second kappa shape index (κ2) is 10.6. The lowest BCUT2D eigenvalue weighted by molar-refractivity contribution is -0.119. The van der Waals surface area contributed by atoms with Gasteiger partial charge in [-0.3, -0.25) is 9.59 Å². The number of unbranched alkanes of at least 4 members (excludes halogenated alkanes) is 2. The maximum atomic E-state index is 11.8. The first kappa shape index (κ1) is 18.0. The number of nitrogens with two attached hydrogens (primary N) is 1. The largest absolute Gasteiger partial charge is 0.492 e. The highest BCUT2D eigenvalue weighted by atomic mass is 16.5.